The van der Waals surface area contributed by atoms with Crippen LogP contribution in [0.15, 0.2) is 12.3 Å². The minimum atomic E-state index is 0. The highest BCUT2D eigenvalue weighted by atomic mass is 35.5. The first-order valence-corrected chi connectivity index (χ1v) is 5.11. The lowest BCUT2D eigenvalue weighted by Crippen LogP contribution is -2.23. The van der Waals surface area contributed by atoms with Gasteiger partial charge in [0.1, 0.15) is 5.82 Å². The fourth-order valence-corrected chi connectivity index (χ4v) is 1.88. The third kappa shape index (κ3) is 2.93. The van der Waals surface area contributed by atoms with E-state index in [2.05, 4.69) is 14.9 Å². The molecule has 0 aromatic carbocycles. The van der Waals surface area contributed by atoms with Gasteiger partial charge in [-0.1, -0.05) is 0 Å². The molecule has 1 aromatic heterocycles. The predicted octanol–water partition coefficient (Wildman–Crippen LogP) is 1.34. The van der Waals surface area contributed by atoms with Gasteiger partial charge in [0.05, 0.1) is 0 Å². The molecular formula is C9H14Cl2N4. The van der Waals surface area contributed by atoms with E-state index in [1.165, 1.54) is 0 Å². The molecule has 6 heteroatoms. The summed E-state index contributed by atoms with van der Waals surface area (Å²) in [6, 6.07) is 1.88. The molecule has 0 amide bonds. The monoisotopic (exact) mass is 248 g/mol. The normalized spacial score (nSPS) is 20.1. The van der Waals surface area contributed by atoms with E-state index >= 15 is 0 Å². The number of nitrogens with zero attached hydrogens (tertiary/aromatic N) is 3. The lowest BCUT2D eigenvalue weighted by Gasteiger charge is -2.16. The van der Waals surface area contributed by atoms with E-state index < -0.39 is 0 Å². The summed E-state index contributed by atoms with van der Waals surface area (Å²) < 4.78 is 0. The zero-order valence-corrected chi connectivity index (χ0v) is 9.84. The standard InChI is InChI=1S/C9H13ClN4.ClH/c10-9-12-3-1-8(13-9)14-4-2-7(5-11)6-14;/h1,3,7H,2,4-6,11H2;1H. The number of hydrogen-bond acceptors (Lipinski definition) is 4. The second-order valence-electron chi connectivity index (χ2n) is 3.52. The molecule has 2 heterocycles. The Kier molecular flexibility index (Phi) is 4.57. The van der Waals surface area contributed by atoms with Crippen LogP contribution in [0.1, 0.15) is 6.42 Å². The van der Waals surface area contributed by atoms with Gasteiger partial charge in [-0.2, -0.15) is 0 Å². The van der Waals surface area contributed by atoms with Crippen LogP contribution in [0.2, 0.25) is 5.28 Å². The fraction of sp³-hybridized carbons (Fsp3) is 0.556. The number of halogens is 2. The average Bonchev–Trinajstić information content (AvgIpc) is 2.66. The molecule has 0 saturated carbocycles. The third-order valence-corrected chi connectivity index (χ3v) is 2.74. The van der Waals surface area contributed by atoms with E-state index in [-0.39, 0.29) is 12.4 Å². The summed E-state index contributed by atoms with van der Waals surface area (Å²) in [7, 11) is 0. The van der Waals surface area contributed by atoms with Crippen LogP contribution in [0.5, 0.6) is 0 Å². The molecule has 0 bridgehead atoms. The van der Waals surface area contributed by atoms with Crippen molar-refractivity contribution >= 4 is 29.8 Å². The van der Waals surface area contributed by atoms with Crippen molar-refractivity contribution in [2.24, 2.45) is 11.7 Å². The van der Waals surface area contributed by atoms with E-state index in [9.17, 15) is 0 Å². The molecule has 0 radical (unpaired) electrons. The summed E-state index contributed by atoms with van der Waals surface area (Å²) in [5, 5.41) is 0.304. The zero-order chi connectivity index (χ0) is 9.97. The van der Waals surface area contributed by atoms with Crippen molar-refractivity contribution in [1.82, 2.24) is 9.97 Å². The Morgan fingerprint density at radius 1 is 1.60 bits per heavy atom. The van der Waals surface area contributed by atoms with E-state index in [1.807, 2.05) is 6.07 Å². The SMILES string of the molecule is Cl.NCC1CCN(c2ccnc(Cl)n2)C1. The molecule has 4 nitrogen and oxygen atoms in total. The predicted molar refractivity (Wildman–Crippen MR) is 63.7 cm³/mol. The summed E-state index contributed by atoms with van der Waals surface area (Å²) in [6.07, 6.45) is 2.82. The van der Waals surface area contributed by atoms with Crippen molar-refractivity contribution in [2.45, 2.75) is 6.42 Å². The number of nitrogens with two attached hydrogens (primary N) is 1. The highest BCUT2D eigenvalue weighted by Crippen LogP contribution is 2.21. The molecule has 0 spiro atoms. The lowest BCUT2D eigenvalue weighted by atomic mass is 10.1. The first-order chi connectivity index (χ1) is 6.79. The number of rotatable bonds is 2. The zero-order valence-electron chi connectivity index (χ0n) is 8.27. The molecule has 2 rings (SSSR count). The molecule has 1 aliphatic rings. The van der Waals surface area contributed by atoms with E-state index in [0.717, 1.165) is 31.9 Å². The summed E-state index contributed by atoms with van der Waals surface area (Å²) in [6.45, 7) is 2.73. The highest BCUT2D eigenvalue weighted by molar-refractivity contribution is 6.28. The second-order valence-corrected chi connectivity index (χ2v) is 3.86. The molecule has 15 heavy (non-hydrogen) atoms. The first kappa shape index (κ1) is 12.5. The smallest absolute Gasteiger partial charge is 0.224 e. The summed E-state index contributed by atoms with van der Waals surface area (Å²) in [5.41, 5.74) is 5.62. The van der Waals surface area contributed by atoms with Crippen LogP contribution in [0.3, 0.4) is 0 Å². The molecule has 0 aliphatic carbocycles. The van der Waals surface area contributed by atoms with Crippen LogP contribution >= 0.6 is 24.0 Å². The van der Waals surface area contributed by atoms with Crippen molar-refractivity contribution in [2.75, 3.05) is 24.5 Å². The summed E-state index contributed by atoms with van der Waals surface area (Å²) in [4.78, 5) is 10.2. The van der Waals surface area contributed by atoms with Gasteiger partial charge in [-0.25, -0.2) is 9.97 Å². The van der Waals surface area contributed by atoms with Gasteiger partial charge in [0.15, 0.2) is 0 Å². The second kappa shape index (κ2) is 5.49. The Bertz CT molecular complexity index is 321. The maximum Gasteiger partial charge on any atom is 0.224 e. The minimum Gasteiger partial charge on any atom is -0.356 e. The van der Waals surface area contributed by atoms with Crippen LogP contribution in [-0.4, -0.2) is 29.6 Å². The average molecular weight is 249 g/mol. The summed E-state index contributed by atoms with van der Waals surface area (Å²) in [5.74, 6) is 1.49. The topological polar surface area (TPSA) is 55.0 Å². The van der Waals surface area contributed by atoms with Gasteiger partial charge in [-0.15, -0.1) is 12.4 Å². The Labute approximate surface area is 100 Å². The van der Waals surface area contributed by atoms with Crippen LogP contribution in [0.4, 0.5) is 5.82 Å². The van der Waals surface area contributed by atoms with Gasteiger partial charge in [-0.3, -0.25) is 0 Å². The molecule has 1 unspecified atom stereocenters. The van der Waals surface area contributed by atoms with Gasteiger partial charge in [-0.05, 0) is 36.6 Å². The van der Waals surface area contributed by atoms with Crippen molar-refractivity contribution in [3.05, 3.63) is 17.5 Å². The van der Waals surface area contributed by atoms with Crippen molar-refractivity contribution in [1.29, 1.82) is 0 Å². The molecular weight excluding hydrogens is 235 g/mol. The Balaban J connectivity index is 0.00000112. The largest absolute Gasteiger partial charge is 0.356 e. The Morgan fingerprint density at radius 2 is 2.40 bits per heavy atom. The molecule has 1 aromatic rings. The van der Waals surface area contributed by atoms with Crippen molar-refractivity contribution < 1.29 is 0 Å². The van der Waals surface area contributed by atoms with E-state index in [4.69, 9.17) is 17.3 Å². The summed E-state index contributed by atoms with van der Waals surface area (Å²) >= 11 is 5.72. The maximum atomic E-state index is 5.72. The van der Waals surface area contributed by atoms with Crippen LogP contribution in [0, 0.1) is 5.92 Å². The van der Waals surface area contributed by atoms with Crippen LogP contribution in [-0.2, 0) is 0 Å². The number of aromatic nitrogens is 2. The highest BCUT2D eigenvalue weighted by Gasteiger charge is 2.22. The van der Waals surface area contributed by atoms with Gasteiger partial charge in [0.25, 0.3) is 0 Å². The maximum absolute atomic E-state index is 5.72. The van der Waals surface area contributed by atoms with E-state index in [0.29, 0.717) is 11.2 Å². The van der Waals surface area contributed by atoms with Crippen LogP contribution < -0.4 is 10.6 Å². The lowest BCUT2D eigenvalue weighted by molar-refractivity contribution is 0.602. The van der Waals surface area contributed by atoms with E-state index in [1.54, 1.807) is 6.20 Å². The van der Waals surface area contributed by atoms with Gasteiger partial charge < -0.3 is 10.6 Å². The molecule has 84 valence electrons. The molecule has 2 N–H and O–H groups in total. The quantitative estimate of drug-likeness (QED) is 0.803. The van der Waals surface area contributed by atoms with Crippen molar-refractivity contribution in [3.8, 4) is 0 Å². The first-order valence-electron chi connectivity index (χ1n) is 4.73. The minimum absolute atomic E-state index is 0. The van der Waals surface area contributed by atoms with Gasteiger partial charge in [0.2, 0.25) is 5.28 Å². The Hall–Kier alpha value is -0.580. The molecule has 1 saturated heterocycles. The van der Waals surface area contributed by atoms with Gasteiger partial charge in [0, 0.05) is 19.3 Å². The molecule has 1 fully saturated rings. The molecule has 1 aliphatic heterocycles. The van der Waals surface area contributed by atoms with Crippen molar-refractivity contribution in [3.63, 3.8) is 0 Å². The molecule has 1 atom stereocenters. The fourth-order valence-electron chi connectivity index (χ4n) is 1.74. The number of anilines is 1. The van der Waals surface area contributed by atoms with Gasteiger partial charge >= 0.3 is 0 Å². The Morgan fingerprint density at radius 3 is 3.00 bits per heavy atom. The van der Waals surface area contributed by atoms with Crippen LogP contribution in [0.25, 0.3) is 0 Å². The third-order valence-electron chi connectivity index (χ3n) is 2.55. The number of hydrogen-bond donors (Lipinski definition) is 1.